The molecule has 0 spiro atoms. The van der Waals surface area contributed by atoms with Gasteiger partial charge in [0.15, 0.2) is 0 Å². The first-order valence-electron chi connectivity index (χ1n) is 9.97. The molecule has 1 amide bonds. The standard InChI is InChI=1S/C23H27N3O/c1-3-18-10-12-19(13-11-18)24-22-20-8-4-5-9-21(20)26(23(22)27)16-25-14-6-7-17(2)15-25/h4-5,8-13,17H,3,6-7,14-16H2,1-2H3. The van der Waals surface area contributed by atoms with Crippen LogP contribution in [0.15, 0.2) is 53.5 Å². The minimum atomic E-state index is 0.00833. The molecule has 0 saturated carbocycles. The molecule has 1 fully saturated rings. The summed E-state index contributed by atoms with van der Waals surface area (Å²) in [6.45, 7) is 7.18. The molecule has 2 aliphatic rings. The molecule has 1 unspecified atom stereocenters. The molecule has 0 N–H and O–H groups in total. The van der Waals surface area contributed by atoms with Crippen molar-refractivity contribution in [3.8, 4) is 0 Å². The first-order chi connectivity index (χ1) is 13.2. The highest BCUT2D eigenvalue weighted by Crippen LogP contribution is 2.31. The third-order valence-corrected chi connectivity index (χ3v) is 5.57. The first kappa shape index (κ1) is 17.9. The van der Waals surface area contributed by atoms with Gasteiger partial charge in [-0.05, 0) is 55.5 Å². The Morgan fingerprint density at radius 3 is 2.63 bits per heavy atom. The molecule has 0 bridgehead atoms. The van der Waals surface area contributed by atoms with E-state index in [2.05, 4.69) is 30.9 Å². The van der Waals surface area contributed by atoms with Crippen molar-refractivity contribution < 1.29 is 4.79 Å². The monoisotopic (exact) mass is 361 g/mol. The maximum atomic E-state index is 13.2. The van der Waals surface area contributed by atoms with Crippen LogP contribution in [0.1, 0.15) is 37.8 Å². The van der Waals surface area contributed by atoms with Gasteiger partial charge < -0.3 is 0 Å². The number of anilines is 1. The van der Waals surface area contributed by atoms with Gasteiger partial charge in [-0.1, -0.05) is 44.2 Å². The molecule has 2 aliphatic heterocycles. The van der Waals surface area contributed by atoms with E-state index in [0.29, 0.717) is 18.3 Å². The van der Waals surface area contributed by atoms with E-state index in [1.807, 2.05) is 41.3 Å². The molecule has 1 atom stereocenters. The number of benzene rings is 2. The van der Waals surface area contributed by atoms with Gasteiger partial charge >= 0.3 is 0 Å². The quantitative estimate of drug-likeness (QED) is 0.809. The number of para-hydroxylation sites is 1. The average Bonchev–Trinajstić information content (AvgIpc) is 2.95. The van der Waals surface area contributed by atoms with Crippen LogP contribution in [0.5, 0.6) is 0 Å². The van der Waals surface area contributed by atoms with Crippen LogP contribution in [-0.4, -0.2) is 36.3 Å². The molecule has 4 rings (SSSR count). The molecule has 0 aliphatic carbocycles. The zero-order valence-electron chi connectivity index (χ0n) is 16.2. The van der Waals surface area contributed by atoms with E-state index in [1.54, 1.807) is 0 Å². The number of carbonyl (C=O) groups excluding carboxylic acids is 1. The van der Waals surface area contributed by atoms with Crippen LogP contribution in [0.4, 0.5) is 11.4 Å². The summed E-state index contributed by atoms with van der Waals surface area (Å²) >= 11 is 0. The Morgan fingerprint density at radius 1 is 1.11 bits per heavy atom. The summed E-state index contributed by atoms with van der Waals surface area (Å²) in [6.07, 6.45) is 3.48. The van der Waals surface area contributed by atoms with E-state index >= 15 is 0 Å². The van der Waals surface area contributed by atoms with Gasteiger partial charge in [0.25, 0.3) is 5.91 Å². The van der Waals surface area contributed by atoms with Crippen LogP contribution in [0, 0.1) is 5.92 Å². The smallest absolute Gasteiger partial charge is 0.278 e. The van der Waals surface area contributed by atoms with Gasteiger partial charge in [-0.25, -0.2) is 4.99 Å². The fourth-order valence-electron chi connectivity index (χ4n) is 4.06. The van der Waals surface area contributed by atoms with Crippen molar-refractivity contribution in [2.75, 3.05) is 24.7 Å². The lowest BCUT2D eigenvalue weighted by Crippen LogP contribution is -2.45. The second kappa shape index (κ2) is 7.65. The van der Waals surface area contributed by atoms with Crippen molar-refractivity contribution >= 4 is 23.0 Å². The summed E-state index contributed by atoms with van der Waals surface area (Å²) in [5, 5.41) is 0. The number of rotatable bonds is 4. The number of hydrogen-bond donors (Lipinski definition) is 0. The molecular weight excluding hydrogens is 334 g/mol. The van der Waals surface area contributed by atoms with Gasteiger partial charge in [0, 0.05) is 12.1 Å². The number of aryl methyl sites for hydroxylation is 1. The van der Waals surface area contributed by atoms with Crippen LogP contribution in [-0.2, 0) is 11.2 Å². The van der Waals surface area contributed by atoms with Gasteiger partial charge in [0.2, 0.25) is 0 Å². The van der Waals surface area contributed by atoms with Crippen LogP contribution >= 0.6 is 0 Å². The maximum Gasteiger partial charge on any atom is 0.278 e. The van der Waals surface area contributed by atoms with Gasteiger partial charge in [-0.2, -0.15) is 0 Å². The second-order valence-corrected chi connectivity index (χ2v) is 7.70. The topological polar surface area (TPSA) is 35.9 Å². The van der Waals surface area contributed by atoms with Crippen molar-refractivity contribution in [1.82, 2.24) is 4.90 Å². The van der Waals surface area contributed by atoms with E-state index in [9.17, 15) is 4.79 Å². The Bertz CT molecular complexity index is 856. The van der Waals surface area contributed by atoms with E-state index in [0.717, 1.165) is 36.4 Å². The normalized spacial score (nSPS) is 21.7. The van der Waals surface area contributed by atoms with Crippen LogP contribution in [0.2, 0.25) is 0 Å². The lowest BCUT2D eigenvalue weighted by molar-refractivity contribution is -0.112. The molecule has 0 aromatic heterocycles. The predicted octanol–water partition coefficient (Wildman–Crippen LogP) is 4.41. The predicted molar refractivity (Wildman–Crippen MR) is 111 cm³/mol. The Labute approximate surface area is 161 Å². The third kappa shape index (κ3) is 3.67. The molecule has 2 heterocycles. The van der Waals surface area contributed by atoms with Gasteiger partial charge in [-0.3, -0.25) is 14.6 Å². The summed E-state index contributed by atoms with van der Waals surface area (Å²) in [5.41, 5.74) is 4.58. The number of carbonyl (C=O) groups is 1. The molecule has 2 aromatic carbocycles. The number of amides is 1. The fraction of sp³-hybridized carbons (Fsp3) is 0.391. The molecule has 1 saturated heterocycles. The number of nitrogens with zero attached hydrogens (tertiary/aromatic N) is 3. The SMILES string of the molecule is CCc1ccc(N=C2C(=O)N(CN3CCCC(C)C3)c3ccccc32)cc1. The summed E-state index contributed by atoms with van der Waals surface area (Å²) in [7, 11) is 0. The summed E-state index contributed by atoms with van der Waals surface area (Å²) in [6, 6.07) is 16.2. The maximum absolute atomic E-state index is 13.2. The average molecular weight is 361 g/mol. The molecule has 2 aromatic rings. The van der Waals surface area contributed by atoms with Gasteiger partial charge in [0.05, 0.1) is 18.0 Å². The third-order valence-electron chi connectivity index (χ3n) is 5.57. The van der Waals surface area contributed by atoms with Crippen molar-refractivity contribution in [2.24, 2.45) is 10.9 Å². The Kier molecular flexibility index (Phi) is 5.08. The highest BCUT2D eigenvalue weighted by Gasteiger charge is 2.35. The van der Waals surface area contributed by atoms with Crippen molar-refractivity contribution in [3.05, 3.63) is 59.7 Å². The summed E-state index contributed by atoms with van der Waals surface area (Å²) < 4.78 is 0. The number of hydrogen-bond acceptors (Lipinski definition) is 3. The van der Waals surface area contributed by atoms with Gasteiger partial charge in [0.1, 0.15) is 5.71 Å². The molecule has 4 nitrogen and oxygen atoms in total. The van der Waals surface area contributed by atoms with Crippen molar-refractivity contribution in [3.63, 3.8) is 0 Å². The molecule has 27 heavy (non-hydrogen) atoms. The number of aliphatic imine (C=N–C) groups is 1. The second-order valence-electron chi connectivity index (χ2n) is 7.70. The zero-order valence-corrected chi connectivity index (χ0v) is 16.2. The molecular formula is C23H27N3O. The Hall–Kier alpha value is -2.46. The molecule has 140 valence electrons. The number of piperidine rings is 1. The van der Waals surface area contributed by atoms with E-state index < -0.39 is 0 Å². The highest BCUT2D eigenvalue weighted by atomic mass is 16.2. The fourth-order valence-corrected chi connectivity index (χ4v) is 4.06. The minimum absolute atomic E-state index is 0.00833. The lowest BCUT2D eigenvalue weighted by Gasteiger charge is -2.33. The van der Waals surface area contributed by atoms with E-state index in [4.69, 9.17) is 4.99 Å². The summed E-state index contributed by atoms with van der Waals surface area (Å²) in [5.74, 6) is 0.700. The van der Waals surface area contributed by atoms with Crippen molar-refractivity contribution in [1.29, 1.82) is 0 Å². The molecule has 4 heteroatoms. The van der Waals surface area contributed by atoms with E-state index in [1.165, 1.54) is 18.4 Å². The lowest BCUT2D eigenvalue weighted by atomic mass is 10.0. The largest absolute Gasteiger partial charge is 0.293 e. The first-order valence-corrected chi connectivity index (χ1v) is 9.97. The van der Waals surface area contributed by atoms with Crippen LogP contribution in [0.3, 0.4) is 0 Å². The highest BCUT2D eigenvalue weighted by molar-refractivity contribution is 6.54. The van der Waals surface area contributed by atoms with Crippen LogP contribution < -0.4 is 4.90 Å². The van der Waals surface area contributed by atoms with Crippen molar-refractivity contribution in [2.45, 2.75) is 33.1 Å². The molecule has 0 radical (unpaired) electrons. The minimum Gasteiger partial charge on any atom is -0.293 e. The van der Waals surface area contributed by atoms with E-state index in [-0.39, 0.29) is 5.91 Å². The summed E-state index contributed by atoms with van der Waals surface area (Å²) in [4.78, 5) is 22.2. The number of likely N-dealkylation sites (tertiary alicyclic amines) is 1. The Morgan fingerprint density at radius 2 is 1.89 bits per heavy atom. The number of fused-ring (bicyclic) bond motifs is 1. The van der Waals surface area contributed by atoms with Crippen LogP contribution in [0.25, 0.3) is 0 Å². The van der Waals surface area contributed by atoms with Gasteiger partial charge in [-0.15, -0.1) is 0 Å². The zero-order chi connectivity index (χ0) is 18.8. The Balaban J connectivity index is 1.63.